The standard InChI is InChI=1S/C6H15NO4/c1-3(7)5(10)6(11)4(9)2-8/h3-6,8-11H,2,7H2,1H3. The molecule has 5 heteroatoms. The molecule has 0 rings (SSSR count). The van der Waals surface area contributed by atoms with Crippen LogP contribution < -0.4 is 5.73 Å². The highest BCUT2D eigenvalue weighted by Gasteiger charge is 2.26. The van der Waals surface area contributed by atoms with E-state index < -0.39 is 31.0 Å². The Morgan fingerprint density at radius 3 is 1.91 bits per heavy atom. The summed E-state index contributed by atoms with van der Waals surface area (Å²) in [5.74, 6) is 0. The Morgan fingerprint density at radius 2 is 1.64 bits per heavy atom. The molecule has 0 aromatic heterocycles. The van der Waals surface area contributed by atoms with Crippen LogP contribution in [0, 0.1) is 0 Å². The first-order valence-electron chi connectivity index (χ1n) is 3.41. The van der Waals surface area contributed by atoms with E-state index in [-0.39, 0.29) is 0 Å². The van der Waals surface area contributed by atoms with Gasteiger partial charge in [0.05, 0.1) is 12.7 Å². The van der Waals surface area contributed by atoms with Gasteiger partial charge in [0.2, 0.25) is 0 Å². The average Bonchev–Trinajstić information content (AvgIpc) is 2.00. The first-order valence-corrected chi connectivity index (χ1v) is 3.41. The number of aliphatic hydroxyl groups excluding tert-OH is 4. The van der Waals surface area contributed by atoms with Crippen molar-refractivity contribution < 1.29 is 20.4 Å². The largest absolute Gasteiger partial charge is 0.394 e. The molecule has 11 heavy (non-hydrogen) atoms. The zero-order valence-corrected chi connectivity index (χ0v) is 6.38. The molecule has 0 aliphatic heterocycles. The van der Waals surface area contributed by atoms with Gasteiger partial charge in [0.15, 0.2) is 0 Å². The summed E-state index contributed by atoms with van der Waals surface area (Å²) in [6.45, 7) is 0.906. The van der Waals surface area contributed by atoms with E-state index in [0.717, 1.165) is 0 Å². The topological polar surface area (TPSA) is 107 Å². The molecule has 5 nitrogen and oxygen atoms in total. The van der Waals surface area contributed by atoms with E-state index in [4.69, 9.17) is 26.2 Å². The maximum atomic E-state index is 9.05. The van der Waals surface area contributed by atoms with Gasteiger partial charge in [0.25, 0.3) is 0 Å². The van der Waals surface area contributed by atoms with Crippen molar-refractivity contribution in [3.8, 4) is 0 Å². The van der Waals surface area contributed by atoms with Crippen molar-refractivity contribution in [1.82, 2.24) is 0 Å². The average molecular weight is 165 g/mol. The fraction of sp³-hybridized carbons (Fsp3) is 1.00. The van der Waals surface area contributed by atoms with Crippen molar-refractivity contribution in [2.24, 2.45) is 5.73 Å². The third-order valence-electron chi connectivity index (χ3n) is 1.47. The Labute approximate surface area is 65.1 Å². The number of hydrogen-bond acceptors (Lipinski definition) is 5. The van der Waals surface area contributed by atoms with Gasteiger partial charge in [0, 0.05) is 6.04 Å². The zero-order chi connectivity index (χ0) is 9.02. The maximum absolute atomic E-state index is 9.05. The molecule has 68 valence electrons. The van der Waals surface area contributed by atoms with Crippen LogP contribution in [0.1, 0.15) is 6.92 Å². The summed E-state index contributed by atoms with van der Waals surface area (Å²) < 4.78 is 0. The lowest BCUT2D eigenvalue weighted by Gasteiger charge is -2.23. The molecule has 0 saturated carbocycles. The van der Waals surface area contributed by atoms with Crippen LogP contribution in [0.25, 0.3) is 0 Å². The van der Waals surface area contributed by atoms with Gasteiger partial charge < -0.3 is 26.2 Å². The molecule has 0 fully saturated rings. The Morgan fingerprint density at radius 1 is 1.18 bits per heavy atom. The van der Waals surface area contributed by atoms with Gasteiger partial charge in [-0.2, -0.15) is 0 Å². The number of nitrogens with two attached hydrogens (primary N) is 1. The van der Waals surface area contributed by atoms with E-state index in [0.29, 0.717) is 0 Å². The predicted octanol–water partition coefficient (Wildman–Crippen LogP) is -2.59. The lowest BCUT2D eigenvalue weighted by molar-refractivity contribution is -0.0815. The summed E-state index contributed by atoms with van der Waals surface area (Å²) in [4.78, 5) is 0. The van der Waals surface area contributed by atoms with Gasteiger partial charge in [-0.05, 0) is 6.92 Å². The van der Waals surface area contributed by atoms with E-state index in [1.54, 1.807) is 0 Å². The Balaban J connectivity index is 3.90. The van der Waals surface area contributed by atoms with E-state index in [1.165, 1.54) is 6.92 Å². The van der Waals surface area contributed by atoms with Gasteiger partial charge in [-0.3, -0.25) is 0 Å². The number of aliphatic hydroxyl groups is 4. The Hall–Kier alpha value is -0.200. The molecule has 0 heterocycles. The predicted molar refractivity (Wildman–Crippen MR) is 38.8 cm³/mol. The maximum Gasteiger partial charge on any atom is 0.109 e. The molecule has 4 unspecified atom stereocenters. The summed E-state index contributed by atoms with van der Waals surface area (Å²) in [6.07, 6.45) is -3.94. The minimum Gasteiger partial charge on any atom is -0.394 e. The van der Waals surface area contributed by atoms with Crippen molar-refractivity contribution in [1.29, 1.82) is 0 Å². The molecular weight excluding hydrogens is 150 g/mol. The molecule has 0 amide bonds. The van der Waals surface area contributed by atoms with E-state index in [9.17, 15) is 0 Å². The molecule has 0 saturated heterocycles. The molecule has 0 aliphatic rings. The van der Waals surface area contributed by atoms with Crippen molar-refractivity contribution in [2.75, 3.05) is 6.61 Å². The summed E-state index contributed by atoms with van der Waals surface area (Å²) in [6, 6.07) is -0.633. The SMILES string of the molecule is CC(N)C(O)C(O)C(O)CO. The summed E-state index contributed by atoms with van der Waals surface area (Å²) in [7, 11) is 0. The summed E-state index contributed by atoms with van der Waals surface area (Å²) in [5.41, 5.74) is 5.23. The third kappa shape index (κ3) is 3.13. The first-order chi connectivity index (χ1) is 5.00. The van der Waals surface area contributed by atoms with Crippen LogP contribution in [-0.4, -0.2) is 51.4 Å². The zero-order valence-electron chi connectivity index (χ0n) is 6.38. The molecule has 0 aromatic rings. The molecule has 0 bridgehead atoms. The van der Waals surface area contributed by atoms with Crippen LogP contribution in [-0.2, 0) is 0 Å². The smallest absolute Gasteiger partial charge is 0.109 e. The summed E-state index contributed by atoms with van der Waals surface area (Å²) >= 11 is 0. The van der Waals surface area contributed by atoms with Crippen LogP contribution in [0.4, 0.5) is 0 Å². The minimum atomic E-state index is -1.39. The van der Waals surface area contributed by atoms with Gasteiger partial charge in [-0.25, -0.2) is 0 Å². The second-order valence-electron chi connectivity index (χ2n) is 2.59. The number of hydrogen-bond donors (Lipinski definition) is 5. The minimum absolute atomic E-state index is 0.592. The fourth-order valence-corrected chi connectivity index (χ4v) is 0.647. The normalized spacial score (nSPS) is 22.4. The molecular formula is C6H15NO4. The fourth-order valence-electron chi connectivity index (χ4n) is 0.647. The van der Waals surface area contributed by atoms with Crippen LogP contribution >= 0.6 is 0 Å². The van der Waals surface area contributed by atoms with Gasteiger partial charge >= 0.3 is 0 Å². The number of rotatable bonds is 4. The summed E-state index contributed by atoms with van der Waals surface area (Å²) in [5, 5.41) is 35.3. The lowest BCUT2D eigenvalue weighted by Crippen LogP contribution is -2.47. The first kappa shape index (κ1) is 10.8. The second kappa shape index (κ2) is 4.63. The molecule has 0 radical (unpaired) electrons. The van der Waals surface area contributed by atoms with Crippen LogP contribution in [0.15, 0.2) is 0 Å². The van der Waals surface area contributed by atoms with Crippen LogP contribution in [0.2, 0.25) is 0 Å². The van der Waals surface area contributed by atoms with Crippen molar-refractivity contribution in [3.05, 3.63) is 0 Å². The van der Waals surface area contributed by atoms with Crippen LogP contribution in [0.3, 0.4) is 0 Å². The van der Waals surface area contributed by atoms with Crippen LogP contribution in [0.5, 0.6) is 0 Å². The molecule has 4 atom stereocenters. The van der Waals surface area contributed by atoms with Crippen molar-refractivity contribution >= 4 is 0 Å². The van der Waals surface area contributed by atoms with E-state index in [2.05, 4.69) is 0 Å². The Bertz CT molecular complexity index is 109. The monoisotopic (exact) mass is 165 g/mol. The quantitative estimate of drug-likeness (QED) is 0.314. The second-order valence-corrected chi connectivity index (χ2v) is 2.59. The highest BCUT2D eigenvalue weighted by Crippen LogP contribution is 2.02. The molecule has 0 aliphatic carbocycles. The molecule has 6 N–H and O–H groups in total. The molecule has 0 spiro atoms. The Kier molecular flexibility index (Phi) is 4.55. The third-order valence-corrected chi connectivity index (χ3v) is 1.47. The lowest BCUT2D eigenvalue weighted by atomic mass is 10.0. The van der Waals surface area contributed by atoms with Gasteiger partial charge in [-0.1, -0.05) is 0 Å². The van der Waals surface area contributed by atoms with Crippen molar-refractivity contribution in [3.63, 3.8) is 0 Å². The van der Waals surface area contributed by atoms with Gasteiger partial charge in [-0.15, -0.1) is 0 Å². The van der Waals surface area contributed by atoms with Crippen molar-refractivity contribution in [2.45, 2.75) is 31.3 Å². The molecule has 0 aromatic carbocycles. The van der Waals surface area contributed by atoms with E-state index in [1.807, 2.05) is 0 Å². The highest BCUT2D eigenvalue weighted by molar-refractivity contribution is 4.80. The van der Waals surface area contributed by atoms with E-state index >= 15 is 0 Å². The van der Waals surface area contributed by atoms with Gasteiger partial charge in [0.1, 0.15) is 12.2 Å². The highest BCUT2D eigenvalue weighted by atomic mass is 16.4.